The minimum absolute atomic E-state index is 0.231. The first-order valence-electron chi connectivity index (χ1n) is 12.3. The molecular weight excluding hydrogens is 454 g/mol. The summed E-state index contributed by atoms with van der Waals surface area (Å²) < 4.78 is 5.98. The van der Waals surface area contributed by atoms with Gasteiger partial charge in [0.2, 0.25) is 5.24 Å². The van der Waals surface area contributed by atoms with E-state index in [2.05, 4.69) is 66.8 Å². The lowest BCUT2D eigenvalue weighted by Crippen LogP contribution is -2.29. The Morgan fingerprint density at radius 2 is 1.60 bits per heavy atom. The smallest absolute Gasteiger partial charge is 0.226 e. The SMILES string of the molecule is C[C@@H](N[C@H]1CC[C@@H](c2ccc(Oc3ccc(CC(=O)Cl)cc3)cc2)C1)c1cccc2ccccc12. The fourth-order valence-electron chi connectivity index (χ4n) is 5.29. The fraction of sp³-hybridized carbons (Fsp3) is 0.258. The maximum absolute atomic E-state index is 11.0. The first-order valence-corrected chi connectivity index (χ1v) is 12.7. The quantitative estimate of drug-likeness (QED) is 0.258. The third-order valence-electron chi connectivity index (χ3n) is 7.06. The van der Waals surface area contributed by atoms with Crippen LogP contribution in [-0.2, 0) is 11.2 Å². The van der Waals surface area contributed by atoms with E-state index in [0.29, 0.717) is 18.0 Å². The van der Waals surface area contributed by atoms with Gasteiger partial charge in [-0.2, -0.15) is 0 Å². The van der Waals surface area contributed by atoms with Crippen molar-refractivity contribution in [3.8, 4) is 11.5 Å². The van der Waals surface area contributed by atoms with E-state index in [1.54, 1.807) is 0 Å². The topological polar surface area (TPSA) is 38.3 Å². The van der Waals surface area contributed by atoms with Crippen molar-refractivity contribution in [3.05, 3.63) is 108 Å². The second-order valence-electron chi connectivity index (χ2n) is 9.51. The fourth-order valence-corrected chi connectivity index (χ4v) is 5.44. The molecule has 0 aliphatic heterocycles. The number of ether oxygens (including phenoxy) is 1. The molecule has 1 aliphatic rings. The first-order chi connectivity index (χ1) is 17.0. The lowest BCUT2D eigenvalue weighted by molar-refractivity contribution is -0.111. The molecule has 0 unspecified atom stereocenters. The van der Waals surface area contributed by atoms with Gasteiger partial charge in [-0.05, 0) is 95.4 Å². The maximum atomic E-state index is 11.0. The van der Waals surface area contributed by atoms with E-state index < -0.39 is 0 Å². The average molecular weight is 484 g/mol. The van der Waals surface area contributed by atoms with Crippen LogP contribution in [-0.4, -0.2) is 11.3 Å². The van der Waals surface area contributed by atoms with Gasteiger partial charge >= 0.3 is 0 Å². The molecule has 1 aliphatic carbocycles. The number of halogens is 1. The third-order valence-corrected chi connectivity index (χ3v) is 7.20. The molecule has 0 amide bonds. The molecule has 0 radical (unpaired) electrons. The molecule has 0 aromatic heterocycles. The Morgan fingerprint density at radius 1 is 0.914 bits per heavy atom. The molecule has 4 heteroatoms. The van der Waals surface area contributed by atoms with E-state index in [0.717, 1.165) is 23.5 Å². The first kappa shape index (κ1) is 23.6. The van der Waals surface area contributed by atoms with Crippen LogP contribution in [0.25, 0.3) is 10.8 Å². The Kier molecular flexibility index (Phi) is 7.17. The van der Waals surface area contributed by atoms with Gasteiger partial charge in [-0.15, -0.1) is 0 Å². The number of carbonyl (C=O) groups excluding carboxylic acids is 1. The third kappa shape index (κ3) is 5.75. The van der Waals surface area contributed by atoms with E-state index in [1.807, 2.05) is 36.4 Å². The molecule has 4 aromatic carbocycles. The van der Waals surface area contributed by atoms with Crippen molar-refractivity contribution >= 4 is 27.6 Å². The van der Waals surface area contributed by atoms with Crippen molar-refractivity contribution in [2.45, 2.75) is 50.6 Å². The lowest BCUT2D eigenvalue weighted by Gasteiger charge is -2.21. The highest BCUT2D eigenvalue weighted by Gasteiger charge is 2.27. The lowest BCUT2D eigenvalue weighted by atomic mass is 9.96. The Balaban J connectivity index is 1.18. The summed E-state index contributed by atoms with van der Waals surface area (Å²) in [5.41, 5.74) is 3.62. The van der Waals surface area contributed by atoms with Crippen LogP contribution in [0.15, 0.2) is 91.0 Å². The standard InChI is InChI=1S/C31H30ClNO2/c1-21(29-8-4-6-24-5-2-3-7-30(24)29)33-26-14-11-25(20-26)23-12-17-28(18-13-23)35-27-15-9-22(10-16-27)19-31(32)34/h2-10,12-13,15-18,21,25-26,33H,11,14,19-20H2,1H3/t21-,25-,26+/m1/s1. The zero-order chi connectivity index (χ0) is 24.2. The highest BCUT2D eigenvalue weighted by atomic mass is 35.5. The van der Waals surface area contributed by atoms with E-state index in [-0.39, 0.29) is 11.7 Å². The number of nitrogens with one attached hydrogen (secondary N) is 1. The van der Waals surface area contributed by atoms with Crippen molar-refractivity contribution in [2.75, 3.05) is 0 Å². The van der Waals surface area contributed by atoms with E-state index in [1.165, 1.54) is 34.7 Å². The van der Waals surface area contributed by atoms with Gasteiger partial charge in [0, 0.05) is 18.5 Å². The Labute approximate surface area is 212 Å². The van der Waals surface area contributed by atoms with E-state index >= 15 is 0 Å². The van der Waals surface area contributed by atoms with Crippen LogP contribution in [0.2, 0.25) is 0 Å². The van der Waals surface area contributed by atoms with Crippen LogP contribution in [0, 0.1) is 0 Å². The van der Waals surface area contributed by atoms with E-state index in [4.69, 9.17) is 16.3 Å². The predicted molar refractivity (Wildman–Crippen MR) is 143 cm³/mol. The molecule has 3 nitrogen and oxygen atoms in total. The van der Waals surface area contributed by atoms with Crippen LogP contribution >= 0.6 is 11.6 Å². The number of fused-ring (bicyclic) bond motifs is 1. The van der Waals surface area contributed by atoms with Crippen molar-refractivity contribution in [2.24, 2.45) is 0 Å². The van der Waals surface area contributed by atoms with Crippen molar-refractivity contribution < 1.29 is 9.53 Å². The molecule has 3 atom stereocenters. The molecule has 0 saturated heterocycles. The van der Waals surface area contributed by atoms with Crippen LogP contribution in [0.5, 0.6) is 11.5 Å². The number of rotatable bonds is 8. The van der Waals surface area contributed by atoms with Gasteiger partial charge in [0.15, 0.2) is 0 Å². The summed E-state index contributed by atoms with van der Waals surface area (Å²) >= 11 is 5.46. The Hall–Kier alpha value is -3.14. The van der Waals surface area contributed by atoms with Crippen LogP contribution in [0.3, 0.4) is 0 Å². The monoisotopic (exact) mass is 483 g/mol. The zero-order valence-electron chi connectivity index (χ0n) is 19.9. The summed E-state index contributed by atoms with van der Waals surface area (Å²) in [5.74, 6) is 2.12. The van der Waals surface area contributed by atoms with Gasteiger partial charge < -0.3 is 10.1 Å². The number of benzene rings is 4. The molecule has 0 bridgehead atoms. The average Bonchev–Trinajstić information content (AvgIpc) is 3.33. The molecule has 35 heavy (non-hydrogen) atoms. The molecule has 1 saturated carbocycles. The molecule has 0 heterocycles. The van der Waals surface area contributed by atoms with Crippen LogP contribution in [0.1, 0.15) is 54.8 Å². The maximum Gasteiger partial charge on any atom is 0.226 e. The molecule has 0 spiro atoms. The van der Waals surface area contributed by atoms with Crippen molar-refractivity contribution in [3.63, 3.8) is 0 Å². The molecule has 5 rings (SSSR count). The molecule has 1 fully saturated rings. The highest BCUT2D eigenvalue weighted by molar-refractivity contribution is 6.63. The predicted octanol–water partition coefficient (Wildman–Crippen LogP) is 7.93. The van der Waals surface area contributed by atoms with Gasteiger partial charge in [0.05, 0.1) is 0 Å². The molecular formula is C31H30ClNO2. The second-order valence-corrected chi connectivity index (χ2v) is 9.93. The van der Waals surface area contributed by atoms with Crippen molar-refractivity contribution in [1.82, 2.24) is 5.32 Å². The normalized spacial score (nSPS) is 18.5. The summed E-state index contributed by atoms with van der Waals surface area (Å²) in [7, 11) is 0. The summed E-state index contributed by atoms with van der Waals surface area (Å²) in [6.45, 7) is 2.28. The largest absolute Gasteiger partial charge is 0.457 e. The number of carbonyl (C=O) groups is 1. The van der Waals surface area contributed by atoms with Gasteiger partial charge in [-0.1, -0.05) is 66.7 Å². The Bertz CT molecular complexity index is 1290. The van der Waals surface area contributed by atoms with Gasteiger partial charge in [0.1, 0.15) is 11.5 Å². The zero-order valence-corrected chi connectivity index (χ0v) is 20.7. The molecule has 178 valence electrons. The summed E-state index contributed by atoms with van der Waals surface area (Å²) in [6.07, 6.45) is 3.76. The molecule has 4 aromatic rings. The van der Waals surface area contributed by atoms with Crippen LogP contribution < -0.4 is 10.1 Å². The minimum atomic E-state index is -0.360. The van der Waals surface area contributed by atoms with Gasteiger partial charge in [0.25, 0.3) is 0 Å². The second kappa shape index (κ2) is 10.6. The number of hydrogen-bond acceptors (Lipinski definition) is 3. The van der Waals surface area contributed by atoms with Crippen LogP contribution in [0.4, 0.5) is 0 Å². The number of hydrogen-bond donors (Lipinski definition) is 1. The summed E-state index contributed by atoms with van der Waals surface area (Å²) in [6, 6.07) is 32.0. The minimum Gasteiger partial charge on any atom is -0.457 e. The molecule has 1 N–H and O–H groups in total. The summed E-state index contributed by atoms with van der Waals surface area (Å²) in [4.78, 5) is 11.0. The Morgan fingerprint density at radius 3 is 2.34 bits per heavy atom. The van der Waals surface area contributed by atoms with E-state index in [9.17, 15) is 4.79 Å². The summed E-state index contributed by atoms with van der Waals surface area (Å²) in [5, 5.41) is 6.17. The van der Waals surface area contributed by atoms with Gasteiger partial charge in [-0.3, -0.25) is 4.79 Å². The van der Waals surface area contributed by atoms with Crippen molar-refractivity contribution in [1.29, 1.82) is 0 Å². The van der Waals surface area contributed by atoms with Gasteiger partial charge in [-0.25, -0.2) is 0 Å². The highest BCUT2D eigenvalue weighted by Crippen LogP contribution is 2.37.